The Morgan fingerprint density at radius 1 is 1.42 bits per heavy atom. The minimum Gasteiger partial charge on any atom is -0.497 e. The summed E-state index contributed by atoms with van der Waals surface area (Å²) in [5, 5.41) is 19.3. The fraction of sp³-hybridized carbons (Fsp3) is 0.571. The predicted molar refractivity (Wildman–Crippen MR) is 67.2 cm³/mol. The average molecular weight is 266 g/mol. The fourth-order valence-electron chi connectivity index (χ4n) is 2.76. The van der Waals surface area contributed by atoms with Crippen molar-refractivity contribution in [3.63, 3.8) is 0 Å². The van der Waals surface area contributed by atoms with Crippen LogP contribution in [0.1, 0.15) is 12.0 Å². The van der Waals surface area contributed by atoms with E-state index in [4.69, 9.17) is 19.3 Å². The molecule has 4 unspecified atom stereocenters. The zero-order chi connectivity index (χ0) is 13.4. The summed E-state index contributed by atoms with van der Waals surface area (Å²) in [6.07, 6.45) is -0.203. The average Bonchev–Trinajstić information content (AvgIpc) is 2.44. The highest BCUT2D eigenvalue weighted by molar-refractivity contribution is 5.42. The molecule has 0 aliphatic carbocycles. The van der Waals surface area contributed by atoms with Crippen LogP contribution in [0.3, 0.4) is 0 Å². The number of aliphatic hydroxyl groups is 2. The van der Waals surface area contributed by atoms with E-state index in [0.29, 0.717) is 12.8 Å². The van der Waals surface area contributed by atoms with Gasteiger partial charge >= 0.3 is 0 Å². The van der Waals surface area contributed by atoms with E-state index in [9.17, 15) is 5.11 Å². The molecule has 0 saturated carbocycles. The Bertz CT molecular complexity index is 461. The SMILES string of the molecule is COc1ccc2c(c1)OC1OC(CO)CC(O)C1C2. The highest BCUT2D eigenvalue weighted by Crippen LogP contribution is 2.39. The molecular formula is C14H18O5. The van der Waals surface area contributed by atoms with E-state index < -0.39 is 12.4 Å². The van der Waals surface area contributed by atoms with Gasteiger partial charge in [-0.25, -0.2) is 0 Å². The van der Waals surface area contributed by atoms with Crippen LogP contribution in [0.4, 0.5) is 0 Å². The van der Waals surface area contributed by atoms with Gasteiger partial charge < -0.3 is 24.4 Å². The molecule has 1 fully saturated rings. The summed E-state index contributed by atoms with van der Waals surface area (Å²) < 4.78 is 16.6. The van der Waals surface area contributed by atoms with Gasteiger partial charge in [0.2, 0.25) is 6.29 Å². The molecule has 0 spiro atoms. The number of methoxy groups -OCH3 is 1. The maximum Gasteiger partial charge on any atom is 0.205 e. The van der Waals surface area contributed by atoms with Gasteiger partial charge in [-0.1, -0.05) is 6.07 Å². The Balaban J connectivity index is 1.86. The van der Waals surface area contributed by atoms with Gasteiger partial charge in [0, 0.05) is 12.5 Å². The molecule has 104 valence electrons. The molecule has 0 aromatic heterocycles. The van der Waals surface area contributed by atoms with Crippen molar-refractivity contribution in [1.82, 2.24) is 0 Å². The molecule has 5 heteroatoms. The van der Waals surface area contributed by atoms with Crippen LogP contribution in [0.5, 0.6) is 11.5 Å². The first kappa shape index (κ1) is 12.7. The third-order valence-corrected chi connectivity index (χ3v) is 3.85. The van der Waals surface area contributed by atoms with Crippen molar-refractivity contribution in [2.75, 3.05) is 13.7 Å². The number of ether oxygens (including phenoxy) is 3. The molecule has 1 aromatic rings. The maximum absolute atomic E-state index is 10.1. The van der Waals surface area contributed by atoms with Crippen LogP contribution in [0.15, 0.2) is 18.2 Å². The molecule has 5 nitrogen and oxygen atoms in total. The zero-order valence-electron chi connectivity index (χ0n) is 10.8. The van der Waals surface area contributed by atoms with Crippen LogP contribution < -0.4 is 9.47 Å². The Kier molecular flexibility index (Phi) is 3.35. The molecule has 1 aromatic carbocycles. The molecule has 2 N–H and O–H groups in total. The summed E-state index contributed by atoms with van der Waals surface area (Å²) in [7, 11) is 1.61. The van der Waals surface area contributed by atoms with Crippen LogP contribution in [-0.4, -0.2) is 42.4 Å². The lowest BCUT2D eigenvalue weighted by Gasteiger charge is -2.42. The third kappa shape index (κ3) is 2.29. The van der Waals surface area contributed by atoms with Crippen molar-refractivity contribution >= 4 is 0 Å². The van der Waals surface area contributed by atoms with Crippen molar-refractivity contribution < 1.29 is 24.4 Å². The van der Waals surface area contributed by atoms with Crippen molar-refractivity contribution in [3.8, 4) is 11.5 Å². The molecular weight excluding hydrogens is 248 g/mol. The van der Waals surface area contributed by atoms with Gasteiger partial charge in [-0.05, 0) is 18.1 Å². The Morgan fingerprint density at radius 3 is 3.00 bits per heavy atom. The minimum absolute atomic E-state index is 0.0799. The Morgan fingerprint density at radius 2 is 2.26 bits per heavy atom. The summed E-state index contributed by atoms with van der Waals surface area (Å²) in [5.41, 5.74) is 1.05. The number of aliphatic hydroxyl groups excluding tert-OH is 2. The van der Waals surface area contributed by atoms with Gasteiger partial charge in [0.25, 0.3) is 0 Å². The molecule has 3 rings (SSSR count). The van der Waals surface area contributed by atoms with Crippen molar-refractivity contribution in [2.45, 2.75) is 31.3 Å². The molecule has 19 heavy (non-hydrogen) atoms. The van der Waals surface area contributed by atoms with E-state index in [1.165, 1.54) is 0 Å². The molecule has 2 heterocycles. The normalized spacial score (nSPS) is 33.0. The van der Waals surface area contributed by atoms with Crippen LogP contribution in [-0.2, 0) is 11.2 Å². The smallest absolute Gasteiger partial charge is 0.205 e. The standard InChI is InChI=1S/C14H18O5/c1-17-9-3-2-8-4-11-12(16)5-10(7-15)18-14(11)19-13(8)6-9/h2-3,6,10-12,14-16H,4-5,7H2,1H3. The van der Waals surface area contributed by atoms with E-state index >= 15 is 0 Å². The Labute approximate surface area is 111 Å². The van der Waals surface area contributed by atoms with Crippen LogP contribution in [0.25, 0.3) is 0 Å². The lowest BCUT2D eigenvalue weighted by molar-refractivity contribution is -0.224. The first-order valence-electron chi connectivity index (χ1n) is 6.49. The maximum atomic E-state index is 10.1. The quantitative estimate of drug-likeness (QED) is 0.825. The second kappa shape index (κ2) is 5.00. The molecule has 0 radical (unpaired) electrons. The summed E-state index contributed by atoms with van der Waals surface area (Å²) in [5.74, 6) is 1.38. The van der Waals surface area contributed by atoms with Gasteiger partial charge in [0.15, 0.2) is 0 Å². The molecule has 4 atom stereocenters. The summed E-state index contributed by atoms with van der Waals surface area (Å²) >= 11 is 0. The summed E-state index contributed by atoms with van der Waals surface area (Å²) in [6, 6.07) is 5.66. The van der Waals surface area contributed by atoms with Crippen LogP contribution in [0.2, 0.25) is 0 Å². The molecule has 1 saturated heterocycles. The number of hydrogen-bond acceptors (Lipinski definition) is 5. The largest absolute Gasteiger partial charge is 0.497 e. The number of rotatable bonds is 2. The van der Waals surface area contributed by atoms with Crippen molar-refractivity contribution in [1.29, 1.82) is 0 Å². The second-order valence-corrected chi connectivity index (χ2v) is 5.07. The number of benzene rings is 1. The van der Waals surface area contributed by atoms with Gasteiger partial charge in [-0.15, -0.1) is 0 Å². The van der Waals surface area contributed by atoms with Gasteiger partial charge in [-0.2, -0.15) is 0 Å². The molecule has 0 bridgehead atoms. The molecule has 0 amide bonds. The Hall–Kier alpha value is -1.30. The highest BCUT2D eigenvalue weighted by Gasteiger charge is 2.42. The van der Waals surface area contributed by atoms with E-state index in [0.717, 1.165) is 17.1 Å². The van der Waals surface area contributed by atoms with Gasteiger partial charge in [0.1, 0.15) is 11.5 Å². The second-order valence-electron chi connectivity index (χ2n) is 5.07. The summed E-state index contributed by atoms with van der Waals surface area (Å²) in [6.45, 7) is -0.103. The van der Waals surface area contributed by atoms with Crippen LogP contribution in [0, 0.1) is 5.92 Å². The van der Waals surface area contributed by atoms with E-state index in [2.05, 4.69) is 0 Å². The number of fused-ring (bicyclic) bond motifs is 2. The zero-order valence-corrected chi connectivity index (χ0v) is 10.8. The fourth-order valence-corrected chi connectivity index (χ4v) is 2.76. The number of hydrogen-bond donors (Lipinski definition) is 2. The monoisotopic (exact) mass is 266 g/mol. The molecule has 2 aliphatic heterocycles. The lowest BCUT2D eigenvalue weighted by Crippen LogP contribution is -2.50. The molecule has 2 aliphatic rings. The van der Waals surface area contributed by atoms with Crippen molar-refractivity contribution in [2.24, 2.45) is 5.92 Å². The van der Waals surface area contributed by atoms with Gasteiger partial charge in [0.05, 0.1) is 31.8 Å². The lowest BCUT2D eigenvalue weighted by atomic mass is 9.86. The van der Waals surface area contributed by atoms with E-state index in [1.54, 1.807) is 7.11 Å². The summed E-state index contributed by atoms with van der Waals surface area (Å²) in [4.78, 5) is 0. The van der Waals surface area contributed by atoms with E-state index in [1.807, 2.05) is 18.2 Å². The minimum atomic E-state index is -0.508. The predicted octanol–water partition coefficient (Wildman–Crippen LogP) is 0.714. The first-order chi connectivity index (χ1) is 9.21. The van der Waals surface area contributed by atoms with E-state index in [-0.39, 0.29) is 18.6 Å². The van der Waals surface area contributed by atoms with Gasteiger partial charge in [-0.3, -0.25) is 0 Å². The third-order valence-electron chi connectivity index (χ3n) is 3.85. The van der Waals surface area contributed by atoms with Crippen molar-refractivity contribution in [3.05, 3.63) is 23.8 Å². The first-order valence-corrected chi connectivity index (χ1v) is 6.49. The highest BCUT2D eigenvalue weighted by atomic mass is 16.7. The topological polar surface area (TPSA) is 68.2 Å². The van der Waals surface area contributed by atoms with Crippen LogP contribution >= 0.6 is 0 Å².